The lowest BCUT2D eigenvalue weighted by atomic mass is 10.2. The summed E-state index contributed by atoms with van der Waals surface area (Å²) in [5.74, 6) is 1.31. The van der Waals surface area contributed by atoms with Crippen molar-refractivity contribution in [1.82, 2.24) is 14.8 Å². The molecule has 4 nitrogen and oxygen atoms in total. The summed E-state index contributed by atoms with van der Waals surface area (Å²) in [4.78, 5) is 0. The van der Waals surface area contributed by atoms with Gasteiger partial charge < -0.3 is 8.98 Å². The summed E-state index contributed by atoms with van der Waals surface area (Å²) in [6, 6.07) is 21.0. The van der Waals surface area contributed by atoms with Crippen LogP contribution in [0.3, 0.4) is 0 Å². The predicted molar refractivity (Wildman–Crippen MR) is 99.4 cm³/mol. The Morgan fingerprint density at radius 1 is 0.960 bits per heavy atom. The van der Waals surface area contributed by atoms with Gasteiger partial charge in [0, 0.05) is 23.9 Å². The Kier molecular flexibility index (Phi) is 4.34. The van der Waals surface area contributed by atoms with Gasteiger partial charge in [-0.25, -0.2) is 0 Å². The Labute approximate surface area is 147 Å². The van der Waals surface area contributed by atoms with E-state index in [1.54, 1.807) is 0 Å². The summed E-state index contributed by atoms with van der Waals surface area (Å²) in [5.41, 5.74) is 3.39. The quantitative estimate of drug-likeness (QED) is 0.495. The average Bonchev–Trinajstić information content (AvgIpc) is 3.26. The van der Waals surface area contributed by atoms with Gasteiger partial charge in [0.2, 0.25) is 5.89 Å². The van der Waals surface area contributed by atoms with Crippen LogP contribution >= 0.6 is 0 Å². The van der Waals surface area contributed by atoms with Crippen LogP contribution in [0.1, 0.15) is 31.2 Å². The highest BCUT2D eigenvalue weighted by Gasteiger charge is 2.16. The van der Waals surface area contributed by atoms with Gasteiger partial charge in [-0.15, -0.1) is 10.2 Å². The number of unbranched alkanes of at least 4 members (excludes halogenated alkanes) is 1. The lowest BCUT2D eigenvalue weighted by Crippen LogP contribution is -2.01. The average molecular weight is 331 g/mol. The van der Waals surface area contributed by atoms with Gasteiger partial charge in [-0.1, -0.05) is 61.9 Å². The number of para-hydroxylation sites is 1. The van der Waals surface area contributed by atoms with Gasteiger partial charge in [-0.3, -0.25) is 0 Å². The predicted octanol–water partition coefficient (Wildman–Crippen LogP) is 5.08. The molecule has 4 heteroatoms. The van der Waals surface area contributed by atoms with Crippen LogP contribution in [0.2, 0.25) is 0 Å². The molecular formula is C21H21N3O. The maximum absolute atomic E-state index is 5.94. The van der Waals surface area contributed by atoms with Crippen LogP contribution in [-0.2, 0) is 13.0 Å². The first-order valence-corrected chi connectivity index (χ1v) is 8.80. The Bertz CT molecular complexity index is 969. The number of nitrogens with zero attached hydrogens (tertiary/aromatic N) is 3. The van der Waals surface area contributed by atoms with Gasteiger partial charge in [0.05, 0.1) is 0 Å². The third-order valence-electron chi connectivity index (χ3n) is 4.42. The Hall–Kier alpha value is -2.88. The molecule has 0 saturated heterocycles. The molecule has 2 aromatic carbocycles. The highest BCUT2D eigenvalue weighted by Crippen LogP contribution is 2.28. The van der Waals surface area contributed by atoms with E-state index in [9.17, 15) is 0 Å². The van der Waals surface area contributed by atoms with Crippen LogP contribution in [0.4, 0.5) is 0 Å². The zero-order chi connectivity index (χ0) is 17.1. The molecule has 2 heterocycles. The maximum atomic E-state index is 5.94. The molecule has 0 spiro atoms. The summed E-state index contributed by atoms with van der Waals surface area (Å²) in [5, 5.41) is 9.70. The first kappa shape index (κ1) is 15.6. The molecule has 126 valence electrons. The second-order valence-electron chi connectivity index (χ2n) is 6.26. The van der Waals surface area contributed by atoms with Crippen LogP contribution < -0.4 is 0 Å². The van der Waals surface area contributed by atoms with E-state index in [0.717, 1.165) is 31.5 Å². The van der Waals surface area contributed by atoms with E-state index in [0.29, 0.717) is 11.8 Å². The van der Waals surface area contributed by atoms with Gasteiger partial charge in [-0.2, -0.15) is 0 Å². The molecule has 0 atom stereocenters. The number of benzene rings is 2. The molecule has 0 unspecified atom stereocenters. The molecule has 0 N–H and O–H groups in total. The molecule has 0 amide bonds. The molecule has 0 aliphatic rings. The fraction of sp³-hybridized carbons (Fsp3) is 0.238. The lowest BCUT2D eigenvalue weighted by molar-refractivity contribution is 0.492. The molecular weight excluding hydrogens is 310 g/mol. The van der Waals surface area contributed by atoms with Crippen molar-refractivity contribution in [3.8, 4) is 11.6 Å². The highest BCUT2D eigenvalue weighted by atomic mass is 16.4. The summed E-state index contributed by atoms with van der Waals surface area (Å²) in [6.45, 7) is 2.94. The summed E-state index contributed by atoms with van der Waals surface area (Å²) < 4.78 is 8.19. The summed E-state index contributed by atoms with van der Waals surface area (Å²) >= 11 is 0. The zero-order valence-electron chi connectivity index (χ0n) is 14.4. The van der Waals surface area contributed by atoms with Crippen molar-refractivity contribution in [2.75, 3.05) is 0 Å². The van der Waals surface area contributed by atoms with Gasteiger partial charge in [0.1, 0.15) is 5.69 Å². The van der Waals surface area contributed by atoms with E-state index in [2.05, 4.69) is 76.3 Å². The minimum Gasteiger partial charge on any atom is -0.419 e. The van der Waals surface area contributed by atoms with E-state index in [-0.39, 0.29) is 0 Å². The third-order valence-corrected chi connectivity index (χ3v) is 4.42. The van der Waals surface area contributed by atoms with Gasteiger partial charge in [0.15, 0.2) is 0 Å². The molecule has 2 aromatic heterocycles. The Balaban J connectivity index is 1.77. The first-order chi connectivity index (χ1) is 12.3. The molecule has 4 rings (SSSR count). The fourth-order valence-corrected chi connectivity index (χ4v) is 3.11. The number of fused-ring (bicyclic) bond motifs is 1. The number of aromatic nitrogens is 3. The normalized spacial score (nSPS) is 11.2. The number of rotatable bonds is 6. The van der Waals surface area contributed by atoms with E-state index < -0.39 is 0 Å². The third kappa shape index (κ3) is 3.20. The smallest absolute Gasteiger partial charge is 0.264 e. The van der Waals surface area contributed by atoms with Gasteiger partial charge in [-0.05, 0) is 24.1 Å². The largest absolute Gasteiger partial charge is 0.419 e. The molecule has 0 saturated carbocycles. The standard InChI is InChI=1S/C21H21N3O/c1-2-3-13-20-22-23-21(25-20)19-14-17-11-7-8-12-18(17)24(19)15-16-9-5-4-6-10-16/h4-12,14H,2-3,13,15H2,1H3. The monoisotopic (exact) mass is 331 g/mol. The van der Waals surface area contributed by atoms with Crippen molar-refractivity contribution in [1.29, 1.82) is 0 Å². The number of hydrogen-bond acceptors (Lipinski definition) is 3. The van der Waals surface area contributed by atoms with E-state index in [4.69, 9.17) is 4.42 Å². The Morgan fingerprint density at radius 2 is 1.76 bits per heavy atom. The van der Waals surface area contributed by atoms with Crippen LogP contribution in [0.15, 0.2) is 65.1 Å². The van der Waals surface area contributed by atoms with Crippen molar-refractivity contribution in [2.45, 2.75) is 32.7 Å². The van der Waals surface area contributed by atoms with Crippen molar-refractivity contribution in [3.63, 3.8) is 0 Å². The summed E-state index contributed by atoms with van der Waals surface area (Å²) in [6.07, 6.45) is 3.02. The van der Waals surface area contributed by atoms with Crippen LogP contribution in [-0.4, -0.2) is 14.8 Å². The van der Waals surface area contributed by atoms with Crippen LogP contribution in [0.5, 0.6) is 0 Å². The SMILES string of the molecule is CCCCc1nnc(-c2cc3ccccc3n2Cc2ccccc2)o1. The molecule has 25 heavy (non-hydrogen) atoms. The van der Waals surface area contributed by atoms with Crippen molar-refractivity contribution >= 4 is 10.9 Å². The van der Waals surface area contributed by atoms with E-state index in [1.807, 2.05) is 6.07 Å². The maximum Gasteiger partial charge on any atom is 0.264 e. The number of aryl methyl sites for hydroxylation is 1. The molecule has 0 fully saturated rings. The fourth-order valence-electron chi connectivity index (χ4n) is 3.11. The molecule has 0 aliphatic heterocycles. The van der Waals surface area contributed by atoms with Crippen molar-refractivity contribution in [2.24, 2.45) is 0 Å². The minimum absolute atomic E-state index is 0.596. The van der Waals surface area contributed by atoms with Gasteiger partial charge >= 0.3 is 0 Å². The zero-order valence-corrected chi connectivity index (χ0v) is 14.4. The molecule has 0 bridgehead atoms. The number of hydrogen-bond donors (Lipinski definition) is 0. The summed E-state index contributed by atoms with van der Waals surface area (Å²) in [7, 11) is 0. The topological polar surface area (TPSA) is 43.9 Å². The van der Waals surface area contributed by atoms with E-state index in [1.165, 1.54) is 16.5 Å². The molecule has 0 radical (unpaired) electrons. The molecule has 0 aliphatic carbocycles. The minimum atomic E-state index is 0.596. The lowest BCUT2D eigenvalue weighted by Gasteiger charge is -2.09. The second-order valence-corrected chi connectivity index (χ2v) is 6.26. The molecule has 4 aromatic rings. The van der Waals surface area contributed by atoms with Crippen molar-refractivity contribution in [3.05, 3.63) is 72.1 Å². The van der Waals surface area contributed by atoms with E-state index >= 15 is 0 Å². The van der Waals surface area contributed by atoms with Crippen LogP contribution in [0, 0.1) is 0 Å². The highest BCUT2D eigenvalue weighted by molar-refractivity contribution is 5.85. The second kappa shape index (κ2) is 6.93. The van der Waals surface area contributed by atoms with Gasteiger partial charge in [0.25, 0.3) is 5.89 Å². The Morgan fingerprint density at radius 3 is 2.60 bits per heavy atom. The van der Waals surface area contributed by atoms with Crippen molar-refractivity contribution < 1.29 is 4.42 Å². The first-order valence-electron chi connectivity index (χ1n) is 8.80. The van der Waals surface area contributed by atoms with Crippen LogP contribution in [0.25, 0.3) is 22.5 Å².